The zero-order chi connectivity index (χ0) is 23.2. The highest BCUT2D eigenvalue weighted by Crippen LogP contribution is 2.29. The molecule has 0 heterocycles. The highest BCUT2D eigenvalue weighted by molar-refractivity contribution is 5.76. The molecule has 0 aliphatic heterocycles. The van der Waals surface area contributed by atoms with Crippen LogP contribution in [0.15, 0.2) is 0 Å². The minimum atomic E-state index is -1.24. The summed E-state index contributed by atoms with van der Waals surface area (Å²) in [6, 6.07) is -0.784. The van der Waals surface area contributed by atoms with Crippen molar-refractivity contribution in [2.24, 2.45) is 11.3 Å². The van der Waals surface area contributed by atoms with Crippen LogP contribution in [0.5, 0.6) is 0 Å². The quantitative estimate of drug-likeness (QED) is 0.429. The highest BCUT2D eigenvalue weighted by atomic mass is 16.6. The van der Waals surface area contributed by atoms with Gasteiger partial charge in [0, 0.05) is 18.0 Å². The molecule has 0 fully saturated rings. The molecule has 0 radical (unpaired) electrons. The van der Waals surface area contributed by atoms with Crippen LogP contribution in [0.4, 0.5) is 9.59 Å². The maximum atomic E-state index is 12.3. The number of nitrogens with one attached hydrogen (secondary N) is 2. The van der Waals surface area contributed by atoms with Crippen LogP contribution in [0.1, 0.15) is 62.3 Å². The Labute approximate surface area is 173 Å². The van der Waals surface area contributed by atoms with Crippen LogP contribution in [0.2, 0.25) is 0 Å². The van der Waals surface area contributed by atoms with Gasteiger partial charge in [0.15, 0.2) is 0 Å². The predicted octanol–water partition coefficient (Wildman–Crippen LogP) is 2.60. The number of aliphatic hydroxyl groups excluding tert-OH is 1. The second-order valence-corrected chi connectivity index (χ2v) is 9.77. The molecular weight excluding hydrogens is 380 g/mol. The molecule has 0 bridgehead atoms. The maximum Gasteiger partial charge on any atom is 0.407 e. The topological polar surface area (TPSA) is 123 Å². The molecular formula is C20H38N2O7. The van der Waals surface area contributed by atoms with Gasteiger partial charge >= 0.3 is 18.2 Å². The van der Waals surface area contributed by atoms with Crippen LogP contribution in [0.25, 0.3) is 0 Å². The Morgan fingerprint density at radius 1 is 0.897 bits per heavy atom. The zero-order valence-corrected chi connectivity index (χ0v) is 19.3. The largest absolute Gasteiger partial charge is 0.469 e. The molecule has 0 aliphatic carbocycles. The first kappa shape index (κ1) is 27.0. The lowest BCUT2D eigenvalue weighted by atomic mass is 9.77. The van der Waals surface area contributed by atoms with Crippen molar-refractivity contribution in [1.82, 2.24) is 10.6 Å². The van der Waals surface area contributed by atoms with E-state index in [4.69, 9.17) is 14.2 Å². The number of methoxy groups -OCH3 is 1. The van der Waals surface area contributed by atoms with Gasteiger partial charge < -0.3 is 30.0 Å². The number of esters is 1. The van der Waals surface area contributed by atoms with E-state index in [1.165, 1.54) is 7.11 Å². The summed E-state index contributed by atoms with van der Waals surface area (Å²) in [7, 11) is 1.20. The number of carbonyl (C=O) groups is 3. The molecule has 0 rings (SSSR count). The molecule has 9 nitrogen and oxygen atoms in total. The van der Waals surface area contributed by atoms with Crippen molar-refractivity contribution >= 4 is 18.2 Å². The van der Waals surface area contributed by atoms with Crippen molar-refractivity contribution < 1.29 is 33.7 Å². The summed E-state index contributed by atoms with van der Waals surface area (Å²) in [4.78, 5) is 36.3. The SMILES string of the molecule is COC(=O)C(C(O)C(C)(C)CNC(=O)OC(C)(C)C)[C@@H](C)NC(=O)OC(C)(C)C. The fraction of sp³-hybridized carbons (Fsp3) is 0.850. The fourth-order valence-electron chi connectivity index (χ4n) is 2.53. The van der Waals surface area contributed by atoms with E-state index >= 15 is 0 Å². The summed E-state index contributed by atoms with van der Waals surface area (Å²) in [5.74, 6) is -1.77. The molecule has 3 N–H and O–H groups in total. The van der Waals surface area contributed by atoms with E-state index in [0.29, 0.717) is 0 Å². The summed E-state index contributed by atoms with van der Waals surface area (Å²) in [6.07, 6.45) is -2.59. The lowest BCUT2D eigenvalue weighted by Gasteiger charge is -2.37. The van der Waals surface area contributed by atoms with Gasteiger partial charge in [0.05, 0.1) is 13.2 Å². The monoisotopic (exact) mass is 418 g/mol. The Bertz CT molecular complexity index is 576. The second-order valence-electron chi connectivity index (χ2n) is 9.77. The van der Waals surface area contributed by atoms with Gasteiger partial charge in [0.2, 0.25) is 0 Å². The Hall–Kier alpha value is -2.03. The van der Waals surface area contributed by atoms with Gasteiger partial charge in [0.25, 0.3) is 0 Å². The molecule has 170 valence electrons. The third-order valence-corrected chi connectivity index (χ3v) is 3.98. The molecule has 2 unspecified atom stereocenters. The van der Waals surface area contributed by atoms with Crippen molar-refractivity contribution in [3.8, 4) is 0 Å². The van der Waals surface area contributed by atoms with Gasteiger partial charge in [-0.3, -0.25) is 4.79 Å². The lowest BCUT2D eigenvalue weighted by Crippen LogP contribution is -2.54. The van der Waals surface area contributed by atoms with Gasteiger partial charge in [-0.15, -0.1) is 0 Å². The number of hydrogen-bond acceptors (Lipinski definition) is 7. The first-order valence-corrected chi connectivity index (χ1v) is 9.62. The lowest BCUT2D eigenvalue weighted by molar-refractivity contribution is -0.154. The summed E-state index contributed by atoms with van der Waals surface area (Å²) in [5, 5.41) is 16.1. The Balaban J connectivity index is 5.26. The molecule has 0 aromatic rings. The normalized spacial score (nSPS) is 15.6. The van der Waals surface area contributed by atoms with Crippen LogP contribution in [0, 0.1) is 11.3 Å². The first-order valence-electron chi connectivity index (χ1n) is 9.62. The molecule has 9 heteroatoms. The first-order chi connectivity index (χ1) is 12.9. The molecule has 0 aliphatic rings. The van der Waals surface area contributed by atoms with Crippen LogP contribution in [0.3, 0.4) is 0 Å². The van der Waals surface area contributed by atoms with Gasteiger partial charge in [-0.2, -0.15) is 0 Å². The van der Waals surface area contributed by atoms with Crippen LogP contribution in [-0.2, 0) is 19.0 Å². The summed E-state index contributed by atoms with van der Waals surface area (Å²) in [6.45, 7) is 15.4. The predicted molar refractivity (Wildman–Crippen MR) is 108 cm³/mol. The molecule has 0 saturated heterocycles. The van der Waals surface area contributed by atoms with E-state index < -0.39 is 52.8 Å². The fourth-order valence-corrected chi connectivity index (χ4v) is 2.53. The van der Waals surface area contributed by atoms with Crippen molar-refractivity contribution in [1.29, 1.82) is 0 Å². The van der Waals surface area contributed by atoms with E-state index in [0.717, 1.165) is 0 Å². The van der Waals surface area contributed by atoms with E-state index in [1.54, 1.807) is 62.3 Å². The molecule has 0 aromatic carbocycles. The van der Waals surface area contributed by atoms with E-state index in [2.05, 4.69) is 10.6 Å². The standard InChI is InChI=1S/C20H38N2O7/c1-12(22-17(26)29-19(5,6)7)13(15(24)27-10)14(23)20(8,9)11-21-16(25)28-18(2,3)4/h12-14,23H,11H2,1-10H3,(H,21,25)(H,22,26)/t12-,13?,14?/m1/s1. The van der Waals surface area contributed by atoms with Gasteiger partial charge in [0.1, 0.15) is 17.1 Å². The Kier molecular flexibility index (Phi) is 9.43. The molecule has 0 saturated carbocycles. The number of carbonyl (C=O) groups excluding carboxylic acids is 3. The minimum Gasteiger partial charge on any atom is -0.469 e. The van der Waals surface area contributed by atoms with Crippen LogP contribution >= 0.6 is 0 Å². The molecule has 3 atom stereocenters. The van der Waals surface area contributed by atoms with Gasteiger partial charge in [-0.25, -0.2) is 9.59 Å². The number of hydrogen-bond donors (Lipinski definition) is 3. The average molecular weight is 419 g/mol. The second kappa shape index (κ2) is 10.1. The van der Waals surface area contributed by atoms with Gasteiger partial charge in [-0.05, 0) is 48.5 Å². The number of ether oxygens (including phenoxy) is 3. The van der Waals surface area contributed by atoms with E-state index in [-0.39, 0.29) is 6.54 Å². The number of aliphatic hydroxyl groups is 1. The molecule has 2 amide bonds. The summed E-state index contributed by atoms with van der Waals surface area (Å²) >= 11 is 0. The van der Waals surface area contributed by atoms with Crippen molar-refractivity contribution in [2.45, 2.75) is 85.7 Å². The van der Waals surface area contributed by atoms with Gasteiger partial charge in [-0.1, -0.05) is 13.8 Å². The average Bonchev–Trinajstić information content (AvgIpc) is 2.49. The van der Waals surface area contributed by atoms with Crippen LogP contribution < -0.4 is 10.6 Å². The molecule has 0 spiro atoms. The maximum absolute atomic E-state index is 12.3. The summed E-state index contributed by atoms with van der Waals surface area (Å²) < 4.78 is 15.2. The van der Waals surface area contributed by atoms with Crippen molar-refractivity contribution in [2.75, 3.05) is 13.7 Å². The number of alkyl carbamates (subject to hydrolysis) is 2. The smallest absolute Gasteiger partial charge is 0.407 e. The Morgan fingerprint density at radius 2 is 1.34 bits per heavy atom. The van der Waals surface area contributed by atoms with E-state index in [9.17, 15) is 19.5 Å². The van der Waals surface area contributed by atoms with Crippen molar-refractivity contribution in [3.05, 3.63) is 0 Å². The summed E-state index contributed by atoms with van der Waals surface area (Å²) in [5.41, 5.74) is -2.30. The third-order valence-electron chi connectivity index (χ3n) is 3.98. The number of rotatable bonds is 7. The van der Waals surface area contributed by atoms with Crippen molar-refractivity contribution in [3.63, 3.8) is 0 Å². The molecule has 29 heavy (non-hydrogen) atoms. The number of amides is 2. The minimum absolute atomic E-state index is 0.0374. The third kappa shape index (κ3) is 10.3. The zero-order valence-electron chi connectivity index (χ0n) is 19.3. The van der Waals surface area contributed by atoms with E-state index in [1.807, 2.05) is 0 Å². The highest BCUT2D eigenvalue weighted by Gasteiger charge is 2.43. The van der Waals surface area contributed by atoms with Crippen LogP contribution in [-0.4, -0.2) is 60.3 Å². The Morgan fingerprint density at radius 3 is 1.76 bits per heavy atom. The molecule has 0 aromatic heterocycles.